The van der Waals surface area contributed by atoms with Crippen LogP contribution in [0.25, 0.3) is 0 Å². The molecule has 1 unspecified atom stereocenters. The Balaban J connectivity index is 1.88. The maximum Gasteiger partial charge on any atom is 0.389 e. The zero-order valence-electron chi connectivity index (χ0n) is 20.2. The number of carbonyl (C=O) groups excluding carboxylic acids is 1. The molecule has 1 saturated heterocycles. The minimum Gasteiger partial charge on any atom is -0.378 e. The van der Waals surface area contributed by atoms with Gasteiger partial charge in [-0.1, -0.05) is 32.9 Å². The molecule has 1 atom stereocenters. The van der Waals surface area contributed by atoms with E-state index in [0.29, 0.717) is 18.9 Å². The lowest BCUT2D eigenvalue weighted by molar-refractivity contribution is -0.134. The van der Waals surface area contributed by atoms with Gasteiger partial charge in [-0.25, -0.2) is 8.42 Å². The summed E-state index contributed by atoms with van der Waals surface area (Å²) in [6.07, 6.45) is -2.91. The van der Waals surface area contributed by atoms with Crippen molar-refractivity contribution in [2.24, 2.45) is 5.41 Å². The van der Waals surface area contributed by atoms with Crippen LogP contribution < -0.4 is 5.32 Å². The third-order valence-electron chi connectivity index (χ3n) is 5.59. The molecule has 0 aromatic carbocycles. The summed E-state index contributed by atoms with van der Waals surface area (Å²) in [7, 11) is -3.87. The number of hydrogen-bond donors (Lipinski definition) is 1. The summed E-state index contributed by atoms with van der Waals surface area (Å²) >= 11 is 0. The van der Waals surface area contributed by atoms with Gasteiger partial charge in [0.25, 0.3) is 0 Å². The molecule has 0 bridgehead atoms. The van der Waals surface area contributed by atoms with Crippen molar-refractivity contribution in [2.45, 2.75) is 77.5 Å². The number of halogens is 3. The van der Waals surface area contributed by atoms with E-state index in [2.05, 4.69) is 10.5 Å². The van der Waals surface area contributed by atoms with Crippen LogP contribution in [0.4, 0.5) is 19.1 Å². The molecule has 1 N–H and O–H groups in total. The molecule has 1 aliphatic rings. The second-order valence-electron chi connectivity index (χ2n) is 10.1. The van der Waals surface area contributed by atoms with Crippen molar-refractivity contribution in [1.29, 1.82) is 0 Å². The third kappa shape index (κ3) is 9.53. The Labute approximate surface area is 198 Å². The molecule has 1 aromatic rings. The third-order valence-corrected chi connectivity index (χ3v) is 7.66. The predicted molar refractivity (Wildman–Crippen MR) is 120 cm³/mol. The van der Waals surface area contributed by atoms with Gasteiger partial charge in [0.1, 0.15) is 0 Å². The molecule has 2 rings (SSSR count). The fraction of sp³-hybridized carbons (Fsp3) is 0.818. The highest BCUT2D eigenvalue weighted by molar-refractivity contribution is 7.91. The monoisotopic (exact) mass is 512 g/mol. The highest BCUT2D eigenvalue weighted by Gasteiger charge is 2.35. The number of carbonyl (C=O) groups is 1. The van der Waals surface area contributed by atoms with Gasteiger partial charge in [0.05, 0.1) is 41.9 Å². The first-order valence-electron chi connectivity index (χ1n) is 11.3. The van der Waals surface area contributed by atoms with Crippen LogP contribution in [0.15, 0.2) is 10.6 Å². The Morgan fingerprint density at radius 1 is 1.24 bits per heavy atom. The van der Waals surface area contributed by atoms with Crippen molar-refractivity contribution in [3.05, 3.63) is 11.8 Å². The van der Waals surface area contributed by atoms with Crippen molar-refractivity contribution < 1.29 is 40.4 Å². The van der Waals surface area contributed by atoms with E-state index in [1.54, 1.807) is 6.07 Å². The zero-order chi connectivity index (χ0) is 25.6. The average molecular weight is 513 g/mol. The van der Waals surface area contributed by atoms with E-state index in [1.807, 2.05) is 13.8 Å². The molecule has 196 valence electrons. The van der Waals surface area contributed by atoms with E-state index in [0.717, 1.165) is 25.9 Å². The standard InChI is InChI=1S/C22H35F3N2O6S/c1-20(2,14-31-13-16-8-5-6-10-32-16)17-12-18(33-27-17)26-19(28)21(3,4)15-34(29,30)11-7-9-22(23,24)25/h12,16H,5-11,13-15H2,1-4H3,(H,26,28). The highest BCUT2D eigenvalue weighted by atomic mass is 32.2. The van der Waals surface area contributed by atoms with E-state index >= 15 is 0 Å². The van der Waals surface area contributed by atoms with Gasteiger partial charge in [0, 0.05) is 24.5 Å². The molecule has 8 nitrogen and oxygen atoms in total. The minimum atomic E-state index is -4.42. The van der Waals surface area contributed by atoms with Gasteiger partial charge >= 0.3 is 6.18 Å². The van der Waals surface area contributed by atoms with E-state index in [9.17, 15) is 26.4 Å². The van der Waals surface area contributed by atoms with E-state index in [-0.39, 0.29) is 12.0 Å². The lowest BCUT2D eigenvalue weighted by Crippen LogP contribution is -2.37. The Morgan fingerprint density at radius 2 is 1.94 bits per heavy atom. The number of ether oxygens (including phenoxy) is 2. The number of anilines is 1. The summed E-state index contributed by atoms with van der Waals surface area (Å²) in [6.45, 7) is 8.23. The number of amides is 1. The fourth-order valence-electron chi connectivity index (χ4n) is 3.57. The summed E-state index contributed by atoms with van der Waals surface area (Å²) in [4.78, 5) is 12.7. The lowest BCUT2D eigenvalue weighted by Gasteiger charge is -2.26. The number of rotatable bonds is 12. The van der Waals surface area contributed by atoms with Crippen molar-refractivity contribution in [2.75, 3.05) is 36.6 Å². The number of aromatic nitrogens is 1. The number of hydrogen-bond acceptors (Lipinski definition) is 7. The maximum absolute atomic E-state index is 12.7. The average Bonchev–Trinajstić information content (AvgIpc) is 3.16. The van der Waals surface area contributed by atoms with Crippen LogP contribution in [0.5, 0.6) is 0 Å². The molecule has 0 spiro atoms. The fourth-order valence-corrected chi connectivity index (χ4v) is 5.53. The molecule has 2 heterocycles. The van der Waals surface area contributed by atoms with E-state index < -0.39 is 57.1 Å². The molecule has 1 amide bonds. The lowest BCUT2D eigenvalue weighted by atomic mass is 9.90. The van der Waals surface area contributed by atoms with Crippen molar-refractivity contribution >= 4 is 21.6 Å². The topological polar surface area (TPSA) is 108 Å². The molecule has 12 heteroatoms. The van der Waals surface area contributed by atoms with Gasteiger partial charge in [-0.05, 0) is 25.7 Å². The van der Waals surface area contributed by atoms with Gasteiger partial charge in [0.15, 0.2) is 9.84 Å². The first-order chi connectivity index (χ1) is 15.6. The predicted octanol–water partition coefficient (Wildman–Crippen LogP) is 4.26. The van der Waals surface area contributed by atoms with Gasteiger partial charge in [-0.15, -0.1) is 0 Å². The van der Waals surface area contributed by atoms with Crippen LogP contribution in [0.1, 0.15) is 65.5 Å². The Bertz CT molecular complexity index is 906. The first-order valence-corrected chi connectivity index (χ1v) is 13.2. The highest BCUT2D eigenvalue weighted by Crippen LogP contribution is 2.28. The normalized spacial score (nSPS) is 18.1. The molecule has 0 radical (unpaired) electrons. The van der Waals surface area contributed by atoms with Gasteiger partial charge in [-0.3, -0.25) is 10.1 Å². The number of nitrogens with zero attached hydrogens (tertiary/aromatic N) is 1. The Hall–Kier alpha value is -1.66. The summed E-state index contributed by atoms with van der Waals surface area (Å²) < 4.78 is 78.0. The molecular weight excluding hydrogens is 477 g/mol. The van der Waals surface area contributed by atoms with Crippen LogP contribution in [0, 0.1) is 5.41 Å². The molecule has 1 fully saturated rings. The second kappa shape index (κ2) is 11.4. The smallest absolute Gasteiger partial charge is 0.378 e. The Kier molecular flexibility index (Phi) is 9.57. The first kappa shape index (κ1) is 28.6. The number of alkyl halides is 3. The molecule has 0 aliphatic carbocycles. The van der Waals surface area contributed by atoms with Crippen LogP contribution in [-0.2, 0) is 29.5 Å². The zero-order valence-corrected chi connectivity index (χ0v) is 21.0. The summed E-state index contributed by atoms with van der Waals surface area (Å²) in [5.41, 5.74) is -1.36. The van der Waals surface area contributed by atoms with Crippen molar-refractivity contribution in [1.82, 2.24) is 5.16 Å². The largest absolute Gasteiger partial charge is 0.389 e. The van der Waals surface area contributed by atoms with Crippen molar-refractivity contribution in [3.8, 4) is 0 Å². The summed E-state index contributed by atoms with van der Waals surface area (Å²) in [5.74, 6) is -1.83. The Morgan fingerprint density at radius 3 is 2.56 bits per heavy atom. The van der Waals surface area contributed by atoms with E-state index in [4.69, 9.17) is 14.0 Å². The number of nitrogens with one attached hydrogen (secondary N) is 1. The number of sulfone groups is 1. The minimum absolute atomic E-state index is 0.0474. The van der Waals surface area contributed by atoms with Gasteiger partial charge in [-0.2, -0.15) is 13.2 Å². The van der Waals surface area contributed by atoms with Crippen LogP contribution in [0.3, 0.4) is 0 Å². The summed E-state index contributed by atoms with van der Waals surface area (Å²) in [6, 6.07) is 1.55. The summed E-state index contributed by atoms with van der Waals surface area (Å²) in [5, 5.41) is 6.51. The quantitative estimate of drug-likeness (QED) is 0.446. The second-order valence-corrected chi connectivity index (χ2v) is 12.3. The van der Waals surface area contributed by atoms with Gasteiger partial charge < -0.3 is 14.0 Å². The molecule has 0 saturated carbocycles. The van der Waals surface area contributed by atoms with E-state index in [1.165, 1.54) is 13.8 Å². The van der Waals surface area contributed by atoms with Crippen LogP contribution in [0.2, 0.25) is 0 Å². The van der Waals surface area contributed by atoms with Gasteiger partial charge in [0.2, 0.25) is 11.8 Å². The molecular formula is C22H35F3N2O6S. The van der Waals surface area contributed by atoms with Crippen LogP contribution in [-0.4, -0.2) is 63.1 Å². The van der Waals surface area contributed by atoms with Crippen molar-refractivity contribution in [3.63, 3.8) is 0 Å². The maximum atomic E-state index is 12.7. The SMILES string of the molecule is CC(C)(CS(=O)(=O)CCCC(F)(F)F)C(=O)Nc1cc(C(C)(C)COCC2CCCCO2)no1. The molecule has 1 aliphatic heterocycles. The molecule has 34 heavy (non-hydrogen) atoms. The van der Waals surface area contributed by atoms with Crippen LogP contribution >= 0.6 is 0 Å². The molecule has 1 aromatic heterocycles.